The van der Waals surface area contributed by atoms with E-state index in [0.717, 1.165) is 0 Å². The van der Waals surface area contributed by atoms with Gasteiger partial charge in [-0.15, -0.1) is 0 Å². The van der Waals surface area contributed by atoms with Gasteiger partial charge in [0.25, 0.3) is 0 Å². The molecule has 0 aliphatic rings. The minimum atomic E-state index is -0.669. The first-order chi connectivity index (χ1) is 14.0. The highest BCUT2D eigenvalue weighted by molar-refractivity contribution is 5.94. The van der Waals surface area contributed by atoms with Gasteiger partial charge in [-0.25, -0.2) is 19.2 Å². The topological polar surface area (TPSA) is 95.2 Å². The third kappa shape index (κ3) is 4.42. The van der Waals surface area contributed by atoms with Crippen LogP contribution in [0.15, 0.2) is 28.8 Å². The Labute approximate surface area is 173 Å². The van der Waals surface area contributed by atoms with E-state index in [9.17, 15) is 14.0 Å². The Hall–Kier alpha value is -3.42. The van der Waals surface area contributed by atoms with E-state index < -0.39 is 17.4 Å². The maximum absolute atomic E-state index is 14.6. The Morgan fingerprint density at radius 2 is 1.70 bits per heavy atom. The third-order valence-corrected chi connectivity index (χ3v) is 4.26. The smallest absolute Gasteiger partial charge is 0.377 e. The van der Waals surface area contributed by atoms with Gasteiger partial charge in [-0.2, -0.15) is 0 Å². The molecule has 0 aliphatic heterocycles. The fraction of sp³-hybridized carbons (Fsp3) is 0.318. The van der Waals surface area contributed by atoms with Crippen molar-refractivity contribution in [3.8, 4) is 22.6 Å². The molecule has 7 nitrogen and oxygen atoms in total. The van der Waals surface area contributed by atoms with Crippen LogP contribution < -0.4 is 0 Å². The molecule has 0 saturated heterocycles. The summed E-state index contributed by atoms with van der Waals surface area (Å²) in [5, 5.41) is 3.86. The molecular weight excluding hydrogens is 389 g/mol. The Morgan fingerprint density at radius 1 is 1.07 bits per heavy atom. The van der Waals surface area contributed by atoms with E-state index in [0.29, 0.717) is 28.1 Å². The van der Waals surface area contributed by atoms with Crippen LogP contribution in [-0.2, 0) is 4.74 Å². The van der Waals surface area contributed by atoms with Crippen LogP contribution in [0.4, 0.5) is 4.39 Å². The molecule has 3 rings (SSSR count). The zero-order valence-corrected chi connectivity index (χ0v) is 17.7. The summed E-state index contributed by atoms with van der Waals surface area (Å²) in [5.74, 6) is -1.20. The predicted molar refractivity (Wildman–Crippen MR) is 108 cm³/mol. The SMILES string of the molecule is CC(=O)c1ccc(-c2c(C)nc(-c3cc(C(=O)OC(C)(C)C)on3)nc2C)c(F)c1. The summed E-state index contributed by atoms with van der Waals surface area (Å²) < 4.78 is 25.0. The summed E-state index contributed by atoms with van der Waals surface area (Å²) in [5.41, 5.74) is 1.76. The molecule has 2 heterocycles. The lowest BCUT2D eigenvalue weighted by Gasteiger charge is -2.17. The van der Waals surface area contributed by atoms with E-state index in [4.69, 9.17) is 9.26 Å². The highest BCUT2D eigenvalue weighted by Gasteiger charge is 2.23. The number of aromatic nitrogens is 3. The summed E-state index contributed by atoms with van der Waals surface area (Å²) >= 11 is 0. The van der Waals surface area contributed by atoms with Crippen LogP contribution in [-0.4, -0.2) is 32.5 Å². The molecule has 0 atom stereocenters. The van der Waals surface area contributed by atoms with Crippen molar-refractivity contribution in [1.82, 2.24) is 15.1 Å². The predicted octanol–water partition coefficient (Wildman–Crippen LogP) is 4.71. The lowest BCUT2D eigenvalue weighted by Crippen LogP contribution is -2.23. The molecule has 0 fully saturated rings. The number of benzene rings is 1. The normalized spacial score (nSPS) is 11.4. The summed E-state index contributed by atoms with van der Waals surface area (Å²) in [7, 11) is 0. The van der Waals surface area contributed by atoms with Crippen LogP contribution in [0.5, 0.6) is 0 Å². The van der Waals surface area contributed by atoms with Crippen molar-refractivity contribution in [2.45, 2.75) is 47.1 Å². The number of ketones is 1. The fourth-order valence-corrected chi connectivity index (χ4v) is 2.96. The van der Waals surface area contributed by atoms with Gasteiger partial charge in [0.2, 0.25) is 5.76 Å². The fourth-order valence-electron chi connectivity index (χ4n) is 2.96. The number of rotatable bonds is 4. The summed E-state index contributed by atoms with van der Waals surface area (Å²) in [4.78, 5) is 32.4. The van der Waals surface area contributed by atoms with Crippen LogP contribution >= 0.6 is 0 Å². The van der Waals surface area contributed by atoms with Crippen LogP contribution in [0.3, 0.4) is 0 Å². The monoisotopic (exact) mass is 411 g/mol. The van der Waals surface area contributed by atoms with E-state index in [1.54, 1.807) is 46.8 Å². The number of halogens is 1. The highest BCUT2D eigenvalue weighted by Crippen LogP contribution is 2.30. The molecule has 1 aromatic carbocycles. The molecule has 30 heavy (non-hydrogen) atoms. The summed E-state index contributed by atoms with van der Waals surface area (Å²) in [6.07, 6.45) is 0. The van der Waals surface area contributed by atoms with Crippen molar-refractivity contribution >= 4 is 11.8 Å². The molecule has 0 aliphatic carbocycles. The van der Waals surface area contributed by atoms with Gasteiger partial charge < -0.3 is 9.26 Å². The number of ether oxygens (including phenoxy) is 1. The molecule has 0 radical (unpaired) electrons. The first-order valence-electron chi connectivity index (χ1n) is 9.33. The van der Waals surface area contributed by atoms with Crippen LogP contribution in [0, 0.1) is 19.7 Å². The van der Waals surface area contributed by atoms with Crippen molar-refractivity contribution in [1.29, 1.82) is 0 Å². The highest BCUT2D eigenvalue weighted by atomic mass is 19.1. The zero-order chi connectivity index (χ0) is 22.2. The number of aryl methyl sites for hydroxylation is 2. The number of carbonyl (C=O) groups excluding carboxylic acids is 2. The number of hydrogen-bond donors (Lipinski definition) is 0. The van der Waals surface area contributed by atoms with Gasteiger partial charge in [0.15, 0.2) is 17.3 Å². The number of hydrogen-bond acceptors (Lipinski definition) is 7. The van der Waals surface area contributed by atoms with Crippen LogP contribution in [0.2, 0.25) is 0 Å². The molecule has 8 heteroatoms. The van der Waals surface area contributed by atoms with E-state index in [1.807, 2.05) is 0 Å². The van der Waals surface area contributed by atoms with E-state index in [-0.39, 0.29) is 23.1 Å². The molecule has 0 amide bonds. The Balaban J connectivity index is 1.96. The van der Waals surface area contributed by atoms with Crippen molar-refractivity contribution < 1.29 is 23.2 Å². The zero-order valence-electron chi connectivity index (χ0n) is 17.7. The Bertz CT molecular complexity index is 1120. The van der Waals surface area contributed by atoms with Gasteiger partial charge in [-0.05, 0) is 47.6 Å². The van der Waals surface area contributed by atoms with Crippen molar-refractivity contribution in [3.05, 3.63) is 52.8 Å². The number of carbonyl (C=O) groups is 2. The van der Waals surface area contributed by atoms with Crippen LogP contribution in [0.1, 0.15) is 60.0 Å². The van der Waals surface area contributed by atoms with Gasteiger partial charge >= 0.3 is 5.97 Å². The molecule has 156 valence electrons. The second-order valence-electron chi connectivity index (χ2n) is 7.92. The molecule has 2 aromatic heterocycles. The second-order valence-corrected chi connectivity index (χ2v) is 7.92. The molecule has 0 N–H and O–H groups in total. The summed E-state index contributed by atoms with van der Waals surface area (Å²) in [6, 6.07) is 5.72. The molecule has 0 bridgehead atoms. The average Bonchev–Trinajstić information content (AvgIpc) is 3.11. The van der Waals surface area contributed by atoms with E-state index in [2.05, 4.69) is 15.1 Å². The summed E-state index contributed by atoms with van der Waals surface area (Å²) in [6.45, 7) is 10.1. The van der Waals surface area contributed by atoms with Crippen molar-refractivity contribution in [2.75, 3.05) is 0 Å². The van der Waals surface area contributed by atoms with Gasteiger partial charge in [0.05, 0.1) is 0 Å². The quantitative estimate of drug-likeness (QED) is 0.453. The largest absolute Gasteiger partial charge is 0.454 e. The minimum Gasteiger partial charge on any atom is -0.454 e. The number of esters is 1. The maximum atomic E-state index is 14.6. The number of nitrogens with zero attached hydrogens (tertiary/aromatic N) is 3. The van der Waals surface area contributed by atoms with Crippen LogP contribution in [0.25, 0.3) is 22.6 Å². The number of Topliss-reactive ketones (excluding diaryl/α,β-unsaturated/α-hetero) is 1. The maximum Gasteiger partial charge on any atom is 0.377 e. The second kappa shape index (κ2) is 7.78. The molecule has 0 saturated carbocycles. The third-order valence-electron chi connectivity index (χ3n) is 4.26. The molecule has 0 unspecified atom stereocenters. The van der Waals surface area contributed by atoms with Crippen molar-refractivity contribution in [3.63, 3.8) is 0 Å². The van der Waals surface area contributed by atoms with Gasteiger partial charge in [-0.1, -0.05) is 17.3 Å². The van der Waals surface area contributed by atoms with E-state index >= 15 is 0 Å². The molecule has 0 spiro atoms. The Kier molecular flexibility index (Phi) is 5.52. The van der Waals surface area contributed by atoms with Gasteiger partial charge in [0, 0.05) is 34.1 Å². The first kappa shape index (κ1) is 21.3. The average molecular weight is 411 g/mol. The van der Waals surface area contributed by atoms with Crippen molar-refractivity contribution in [2.24, 2.45) is 0 Å². The van der Waals surface area contributed by atoms with Gasteiger partial charge in [0.1, 0.15) is 11.4 Å². The molecular formula is C22H22FN3O4. The standard InChI is InChI=1S/C22H22FN3O4/c1-11-19(15-8-7-14(13(3)27)9-16(15)23)12(2)25-20(24-11)17-10-18(30-26-17)21(28)29-22(4,5)6/h7-10H,1-6H3. The lowest BCUT2D eigenvalue weighted by molar-refractivity contribution is 0.00276. The minimum absolute atomic E-state index is 0.0613. The van der Waals surface area contributed by atoms with Gasteiger partial charge in [-0.3, -0.25) is 4.79 Å². The Morgan fingerprint density at radius 3 is 2.23 bits per heavy atom. The van der Waals surface area contributed by atoms with E-state index in [1.165, 1.54) is 19.1 Å². The lowest BCUT2D eigenvalue weighted by atomic mass is 9.99. The first-order valence-corrected chi connectivity index (χ1v) is 9.33. The molecule has 3 aromatic rings.